The molecule has 1 aromatic carbocycles. The summed E-state index contributed by atoms with van der Waals surface area (Å²) in [6, 6.07) is 5.97. The van der Waals surface area contributed by atoms with Gasteiger partial charge in [-0.25, -0.2) is 14.4 Å². The zero-order valence-electron chi connectivity index (χ0n) is 13.8. The molecule has 3 aromatic rings. The van der Waals surface area contributed by atoms with E-state index in [2.05, 4.69) is 25.5 Å². The second-order valence-electron chi connectivity index (χ2n) is 6.06. The average molecular weight is 353 g/mol. The Morgan fingerprint density at radius 3 is 2.73 bits per heavy atom. The molecule has 0 unspecified atom stereocenters. The Labute approximate surface area is 148 Å². The topological polar surface area (TPSA) is 112 Å². The fraction of sp³-hybridized carbons (Fsp3) is 0.235. The van der Waals surface area contributed by atoms with Crippen molar-refractivity contribution < 1.29 is 9.18 Å². The molecule has 0 saturated heterocycles. The summed E-state index contributed by atoms with van der Waals surface area (Å²) in [5, 5.41) is 11.4. The normalized spacial score (nSPS) is 16.1. The van der Waals surface area contributed by atoms with Crippen LogP contribution in [0.25, 0.3) is 11.4 Å². The van der Waals surface area contributed by atoms with E-state index in [-0.39, 0.29) is 29.3 Å². The first-order valence-corrected chi connectivity index (χ1v) is 8.17. The summed E-state index contributed by atoms with van der Waals surface area (Å²) in [6.45, 7) is 0.515. The summed E-state index contributed by atoms with van der Waals surface area (Å²) < 4.78 is 15.1. The van der Waals surface area contributed by atoms with Gasteiger partial charge in [0.05, 0.1) is 0 Å². The minimum Gasteiger partial charge on any atom is -0.382 e. The maximum atomic E-state index is 13.2. The lowest BCUT2D eigenvalue weighted by Crippen LogP contribution is -2.41. The van der Waals surface area contributed by atoms with Crippen molar-refractivity contribution in [2.24, 2.45) is 0 Å². The van der Waals surface area contributed by atoms with Crippen LogP contribution in [-0.2, 0) is 13.0 Å². The first-order valence-electron chi connectivity index (χ1n) is 8.17. The minimum atomic E-state index is -0.361. The van der Waals surface area contributed by atoms with Gasteiger partial charge in [-0.15, -0.1) is 10.2 Å². The Bertz CT molecular complexity index is 954. The summed E-state index contributed by atoms with van der Waals surface area (Å²) in [5.74, 6) is 0.920. The van der Waals surface area contributed by atoms with E-state index in [0.29, 0.717) is 18.8 Å². The molecule has 132 valence electrons. The highest BCUT2D eigenvalue weighted by Crippen LogP contribution is 2.23. The van der Waals surface area contributed by atoms with Crippen LogP contribution in [0.3, 0.4) is 0 Å². The van der Waals surface area contributed by atoms with Crippen molar-refractivity contribution in [2.75, 3.05) is 5.73 Å². The van der Waals surface area contributed by atoms with Crippen molar-refractivity contribution in [3.63, 3.8) is 0 Å². The number of aryl methyl sites for hydroxylation is 1. The van der Waals surface area contributed by atoms with Crippen molar-refractivity contribution in [2.45, 2.75) is 25.4 Å². The quantitative estimate of drug-likeness (QED) is 0.732. The molecule has 0 fully saturated rings. The second kappa shape index (κ2) is 6.51. The summed E-state index contributed by atoms with van der Waals surface area (Å²) in [7, 11) is 0. The van der Waals surface area contributed by atoms with Gasteiger partial charge in [0.2, 0.25) is 0 Å². The number of fused-ring (bicyclic) bond motifs is 1. The van der Waals surface area contributed by atoms with Crippen molar-refractivity contribution in [1.29, 1.82) is 0 Å². The summed E-state index contributed by atoms with van der Waals surface area (Å²) in [5.41, 5.74) is 6.59. The third kappa shape index (κ3) is 2.99. The van der Waals surface area contributed by atoms with Crippen molar-refractivity contribution in [3.05, 3.63) is 54.0 Å². The molecule has 0 saturated carbocycles. The van der Waals surface area contributed by atoms with Crippen LogP contribution in [0.15, 0.2) is 36.7 Å². The van der Waals surface area contributed by atoms with Crippen molar-refractivity contribution in [1.82, 2.24) is 30.0 Å². The van der Waals surface area contributed by atoms with E-state index in [9.17, 15) is 9.18 Å². The van der Waals surface area contributed by atoms with Gasteiger partial charge in [-0.1, -0.05) is 0 Å². The van der Waals surface area contributed by atoms with Gasteiger partial charge < -0.3 is 15.6 Å². The molecule has 9 heteroatoms. The highest BCUT2D eigenvalue weighted by Gasteiger charge is 2.26. The minimum absolute atomic E-state index is 0.0952. The SMILES string of the molecule is Nc1nccnc1C(=O)N[C@H]1CCc2nnc(-c3ccc(F)cc3)n2C1. The Kier molecular flexibility index (Phi) is 4.04. The number of benzene rings is 1. The van der Waals surface area contributed by atoms with Crippen LogP contribution in [0.1, 0.15) is 22.7 Å². The van der Waals surface area contributed by atoms with Crippen LogP contribution in [0.4, 0.5) is 10.2 Å². The van der Waals surface area contributed by atoms with E-state index in [0.717, 1.165) is 17.8 Å². The monoisotopic (exact) mass is 353 g/mol. The third-order valence-corrected chi connectivity index (χ3v) is 4.33. The lowest BCUT2D eigenvalue weighted by atomic mass is 10.1. The molecule has 8 nitrogen and oxygen atoms in total. The van der Waals surface area contributed by atoms with Crippen LogP contribution in [0.5, 0.6) is 0 Å². The molecule has 0 aliphatic carbocycles. The van der Waals surface area contributed by atoms with E-state index in [4.69, 9.17) is 5.73 Å². The first kappa shape index (κ1) is 16.1. The van der Waals surface area contributed by atoms with E-state index < -0.39 is 0 Å². The molecular formula is C17H16FN7O. The molecule has 0 radical (unpaired) electrons. The lowest BCUT2D eigenvalue weighted by molar-refractivity contribution is 0.0923. The molecule has 1 amide bonds. The smallest absolute Gasteiger partial charge is 0.273 e. The number of nitrogens with one attached hydrogen (secondary N) is 1. The number of anilines is 1. The molecule has 2 aromatic heterocycles. The van der Waals surface area contributed by atoms with Crippen molar-refractivity contribution >= 4 is 11.7 Å². The molecule has 1 aliphatic heterocycles. The fourth-order valence-corrected chi connectivity index (χ4v) is 3.03. The Hall–Kier alpha value is -3.36. The number of carbonyl (C=O) groups is 1. The van der Waals surface area contributed by atoms with Gasteiger partial charge in [-0.2, -0.15) is 0 Å². The van der Waals surface area contributed by atoms with E-state index in [1.54, 1.807) is 12.1 Å². The molecule has 3 heterocycles. The van der Waals surface area contributed by atoms with Gasteiger partial charge in [0.15, 0.2) is 17.3 Å². The molecule has 3 N–H and O–H groups in total. The van der Waals surface area contributed by atoms with Crippen molar-refractivity contribution in [3.8, 4) is 11.4 Å². The Balaban J connectivity index is 1.54. The van der Waals surface area contributed by atoms with Gasteiger partial charge in [-0.3, -0.25) is 4.79 Å². The van der Waals surface area contributed by atoms with Gasteiger partial charge in [0.25, 0.3) is 5.91 Å². The highest BCUT2D eigenvalue weighted by atomic mass is 19.1. The number of aromatic nitrogens is 5. The first-order chi connectivity index (χ1) is 12.6. The van der Waals surface area contributed by atoms with Crippen LogP contribution < -0.4 is 11.1 Å². The van der Waals surface area contributed by atoms with Crippen LogP contribution in [0, 0.1) is 5.82 Å². The number of nitrogen functional groups attached to an aromatic ring is 1. The highest BCUT2D eigenvalue weighted by molar-refractivity contribution is 5.96. The molecule has 26 heavy (non-hydrogen) atoms. The number of hydrogen-bond donors (Lipinski definition) is 2. The largest absolute Gasteiger partial charge is 0.382 e. The molecular weight excluding hydrogens is 337 g/mol. The van der Waals surface area contributed by atoms with Crippen LogP contribution in [-0.4, -0.2) is 36.7 Å². The van der Waals surface area contributed by atoms with Gasteiger partial charge in [-0.05, 0) is 30.7 Å². The molecule has 0 bridgehead atoms. The third-order valence-electron chi connectivity index (χ3n) is 4.33. The Morgan fingerprint density at radius 2 is 1.96 bits per heavy atom. The van der Waals surface area contributed by atoms with E-state index in [1.165, 1.54) is 24.5 Å². The number of rotatable bonds is 3. The summed E-state index contributed by atoms with van der Waals surface area (Å²) >= 11 is 0. The second-order valence-corrected chi connectivity index (χ2v) is 6.06. The van der Waals surface area contributed by atoms with Gasteiger partial charge >= 0.3 is 0 Å². The van der Waals surface area contributed by atoms with Gasteiger partial charge in [0.1, 0.15) is 11.6 Å². The zero-order valence-corrected chi connectivity index (χ0v) is 13.8. The van der Waals surface area contributed by atoms with Crippen LogP contribution >= 0.6 is 0 Å². The average Bonchev–Trinajstić information content (AvgIpc) is 3.06. The predicted molar refractivity (Wildman–Crippen MR) is 91.4 cm³/mol. The summed E-state index contributed by atoms with van der Waals surface area (Å²) in [4.78, 5) is 20.3. The lowest BCUT2D eigenvalue weighted by Gasteiger charge is -2.25. The molecule has 0 spiro atoms. The number of hydrogen-bond acceptors (Lipinski definition) is 6. The van der Waals surface area contributed by atoms with E-state index >= 15 is 0 Å². The fourth-order valence-electron chi connectivity index (χ4n) is 3.03. The van der Waals surface area contributed by atoms with Crippen LogP contribution in [0.2, 0.25) is 0 Å². The maximum absolute atomic E-state index is 13.2. The molecule has 4 rings (SSSR count). The predicted octanol–water partition coefficient (Wildman–Crippen LogP) is 1.20. The van der Waals surface area contributed by atoms with E-state index in [1.807, 2.05) is 4.57 Å². The maximum Gasteiger partial charge on any atom is 0.273 e. The Morgan fingerprint density at radius 1 is 1.19 bits per heavy atom. The zero-order chi connectivity index (χ0) is 18.1. The van der Waals surface area contributed by atoms with Gasteiger partial charge in [0, 0.05) is 37.0 Å². The summed E-state index contributed by atoms with van der Waals surface area (Å²) in [6.07, 6.45) is 4.27. The standard InChI is InChI=1S/C17H16FN7O/c18-11-3-1-10(2-4-11)16-24-23-13-6-5-12(9-25(13)16)22-17(26)14-15(19)21-8-7-20-14/h1-4,7-8,12H,5-6,9H2,(H2,19,21)(H,22,26)/t12-/m0/s1. The molecule has 1 aliphatic rings. The number of amides is 1. The number of nitrogens with zero attached hydrogens (tertiary/aromatic N) is 5. The molecule has 1 atom stereocenters. The number of carbonyl (C=O) groups excluding carboxylic acids is 1. The number of nitrogens with two attached hydrogens (primary N) is 1. The number of halogens is 1.